The maximum atomic E-state index is 11.1. The van der Waals surface area contributed by atoms with Crippen LogP contribution in [0.25, 0.3) is 0 Å². The molecule has 0 bridgehead atoms. The number of hydrogen-bond donors (Lipinski definition) is 2. The van der Waals surface area contributed by atoms with Crippen LogP contribution in [0.3, 0.4) is 0 Å². The van der Waals surface area contributed by atoms with E-state index in [0.717, 1.165) is 26.2 Å². The van der Waals surface area contributed by atoms with Crippen molar-refractivity contribution in [3.8, 4) is 0 Å². The Bertz CT molecular complexity index is 254. The van der Waals surface area contributed by atoms with Gasteiger partial charge >= 0.3 is 5.97 Å². The molecule has 5 heteroatoms. The number of nitrogens with one attached hydrogen (secondary N) is 1. The van der Waals surface area contributed by atoms with Crippen molar-refractivity contribution in [3.05, 3.63) is 0 Å². The molecule has 0 amide bonds. The van der Waals surface area contributed by atoms with Crippen molar-refractivity contribution < 1.29 is 9.90 Å². The summed E-state index contributed by atoms with van der Waals surface area (Å²) in [5.74, 6) is -0.698. The van der Waals surface area contributed by atoms with Gasteiger partial charge in [-0.25, -0.2) is 0 Å². The summed E-state index contributed by atoms with van der Waals surface area (Å²) in [5, 5.41) is 12.3. The molecule has 2 heterocycles. The van der Waals surface area contributed by atoms with Crippen LogP contribution in [0.15, 0.2) is 0 Å². The predicted octanol–water partition coefficient (Wildman–Crippen LogP) is -0.169. The van der Waals surface area contributed by atoms with Crippen molar-refractivity contribution in [1.29, 1.82) is 0 Å². The topological polar surface area (TPSA) is 55.8 Å². The minimum Gasteiger partial charge on any atom is -0.480 e. The highest BCUT2D eigenvalue weighted by molar-refractivity contribution is 5.73. The van der Waals surface area contributed by atoms with E-state index in [0.29, 0.717) is 6.54 Å². The van der Waals surface area contributed by atoms with Crippen LogP contribution in [0.1, 0.15) is 19.3 Å². The third-order valence-corrected chi connectivity index (χ3v) is 3.79. The largest absolute Gasteiger partial charge is 0.480 e. The Labute approximate surface area is 103 Å². The molecule has 1 atom stereocenters. The fourth-order valence-corrected chi connectivity index (χ4v) is 2.71. The van der Waals surface area contributed by atoms with Crippen LogP contribution < -0.4 is 5.32 Å². The number of piperazine rings is 1. The molecule has 0 radical (unpaired) electrons. The lowest BCUT2D eigenvalue weighted by Gasteiger charge is -2.35. The highest BCUT2D eigenvalue weighted by Crippen LogP contribution is 2.09. The van der Waals surface area contributed by atoms with E-state index in [2.05, 4.69) is 15.1 Å². The third kappa shape index (κ3) is 3.66. The van der Waals surface area contributed by atoms with Gasteiger partial charge in [-0.05, 0) is 25.9 Å². The zero-order valence-corrected chi connectivity index (χ0v) is 10.4. The molecule has 2 aliphatic heterocycles. The van der Waals surface area contributed by atoms with E-state index in [-0.39, 0.29) is 6.04 Å². The van der Waals surface area contributed by atoms with Crippen LogP contribution in [0.5, 0.6) is 0 Å². The zero-order valence-electron chi connectivity index (χ0n) is 10.4. The van der Waals surface area contributed by atoms with Gasteiger partial charge in [0.2, 0.25) is 0 Å². The first-order valence-electron chi connectivity index (χ1n) is 6.67. The fourth-order valence-electron chi connectivity index (χ4n) is 2.71. The van der Waals surface area contributed by atoms with Gasteiger partial charge in [0.15, 0.2) is 0 Å². The average Bonchev–Trinajstić information content (AvgIpc) is 2.38. The van der Waals surface area contributed by atoms with Crippen LogP contribution in [-0.2, 0) is 4.79 Å². The molecule has 17 heavy (non-hydrogen) atoms. The summed E-state index contributed by atoms with van der Waals surface area (Å²) in [4.78, 5) is 15.7. The van der Waals surface area contributed by atoms with Gasteiger partial charge in [-0.15, -0.1) is 0 Å². The Morgan fingerprint density at radius 3 is 2.65 bits per heavy atom. The van der Waals surface area contributed by atoms with Gasteiger partial charge in [-0.1, -0.05) is 6.42 Å². The van der Waals surface area contributed by atoms with Crippen molar-refractivity contribution in [3.63, 3.8) is 0 Å². The van der Waals surface area contributed by atoms with E-state index in [1.165, 1.54) is 32.4 Å². The van der Waals surface area contributed by atoms with Gasteiger partial charge in [0.25, 0.3) is 0 Å². The van der Waals surface area contributed by atoms with Gasteiger partial charge in [0.05, 0.1) is 0 Å². The first-order chi connectivity index (χ1) is 8.27. The molecule has 0 aromatic carbocycles. The zero-order chi connectivity index (χ0) is 12.1. The number of carboxylic acids is 1. The molecule has 2 rings (SSSR count). The quantitative estimate of drug-likeness (QED) is 0.716. The SMILES string of the molecule is O=C(O)C1CNCCN1CCN1CCCCC1. The highest BCUT2D eigenvalue weighted by Gasteiger charge is 2.28. The first-order valence-corrected chi connectivity index (χ1v) is 6.67. The Hall–Kier alpha value is -0.650. The Morgan fingerprint density at radius 2 is 1.94 bits per heavy atom. The molecule has 2 fully saturated rings. The molecule has 2 N–H and O–H groups in total. The van der Waals surface area contributed by atoms with E-state index >= 15 is 0 Å². The lowest BCUT2D eigenvalue weighted by atomic mass is 10.1. The molecule has 0 saturated carbocycles. The standard InChI is InChI=1S/C12H23N3O2/c16-12(17)11-10-13-4-7-15(11)9-8-14-5-2-1-3-6-14/h11,13H,1-10H2,(H,16,17). The molecule has 5 nitrogen and oxygen atoms in total. The Kier molecular flexibility index (Phi) is 4.76. The highest BCUT2D eigenvalue weighted by atomic mass is 16.4. The van der Waals surface area contributed by atoms with E-state index in [1.807, 2.05) is 0 Å². The van der Waals surface area contributed by atoms with Gasteiger partial charge in [0, 0.05) is 32.7 Å². The lowest BCUT2D eigenvalue weighted by Crippen LogP contribution is -2.56. The summed E-state index contributed by atoms with van der Waals surface area (Å²) in [6.07, 6.45) is 3.94. The second kappa shape index (κ2) is 6.33. The van der Waals surface area contributed by atoms with Crippen molar-refractivity contribution in [2.75, 3.05) is 45.8 Å². The number of likely N-dealkylation sites (tertiary alicyclic amines) is 1. The Balaban J connectivity index is 1.77. The van der Waals surface area contributed by atoms with Gasteiger partial charge in [0.1, 0.15) is 6.04 Å². The summed E-state index contributed by atoms with van der Waals surface area (Å²) < 4.78 is 0. The molecule has 1 unspecified atom stereocenters. The van der Waals surface area contributed by atoms with Crippen LogP contribution in [-0.4, -0.2) is 72.7 Å². The number of hydrogen-bond acceptors (Lipinski definition) is 4. The average molecular weight is 241 g/mol. The molecule has 2 aliphatic rings. The van der Waals surface area contributed by atoms with Crippen LogP contribution in [0.2, 0.25) is 0 Å². The number of aliphatic carboxylic acids is 1. The molecule has 2 saturated heterocycles. The normalized spacial score (nSPS) is 28.1. The Morgan fingerprint density at radius 1 is 1.18 bits per heavy atom. The number of piperidine rings is 1. The number of carbonyl (C=O) groups is 1. The van der Waals surface area contributed by atoms with Crippen molar-refractivity contribution in [1.82, 2.24) is 15.1 Å². The minimum atomic E-state index is -0.698. The molecule has 0 aromatic heterocycles. The second-order valence-corrected chi connectivity index (χ2v) is 5.00. The van der Waals surface area contributed by atoms with E-state index in [9.17, 15) is 4.79 Å². The molecule has 0 aromatic rings. The van der Waals surface area contributed by atoms with E-state index in [1.54, 1.807) is 0 Å². The monoisotopic (exact) mass is 241 g/mol. The maximum absolute atomic E-state index is 11.1. The van der Waals surface area contributed by atoms with Gasteiger partial charge in [-0.3, -0.25) is 9.69 Å². The van der Waals surface area contributed by atoms with Crippen LogP contribution >= 0.6 is 0 Å². The summed E-state index contributed by atoms with van der Waals surface area (Å²) in [7, 11) is 0. The smallest absolute Gasteiger partial charge is 0.322 e. The minimum absolute atomic E-state index is 0.339. The number of rotatable bonds is 4. The summed E-state index contributed by atoms with van der Waals surface area (Å²) in [5.41, 5.74) is 0. The molecule has 0 aliphatic carbocycles. The van der Waals surface area contributed by atoms with Crippen molar-refractivity contribution >= 4 is 5.97 Å². The first kappa shape index (κ1) is 12.8. The summed E-state index contributed by atoms with van der Waals surface area (Å²) in [6, 6.07) is -0.339. The van der Waals surface area contributed by atoms with E-state index in [4.69, 9.17) is 5.11 Å². The summed E-state index contributed by atoms with van der Waals surface area (Å²) >= 11 is 0. The predicted molar refractivity (Wildman–Crippen MR) is 66.2 cm³/mol. The number of carboxylic acid groups (broad SMARTS) is 1. The van der Waals surface area contributed by atoms with Crippen LogP contribution in [0, 0.1) is 0 Å². The summed E-state index contributed by atoms with van der Waals surface area (Å²) in [6.45, 7) is 6.61. The lowest BCUT2D eigenvalue weighted by molar-refractivity contribution is -0.144. The molecule has 0 spiro atoms. The van der Waals surface area contributed by atoms with Crippen LogP contribution in [0.4, 0.5) is 0 Å². The molecular weight excluding hydrogens is 218 g/mol. The van der Waals surface area contributed by atoms with E-state index < -0.39 is 5.97 Å². The van der Waals surface area contributed by atoms with Gasteiger partial charge in [-0.2, -0.15) is 0 Å². The van der Waals surface area contributed by atoms with Gasteiger partial charge < -0.3 is 15.3 Å². The molecular formula is C12H23N3O2. The third-order valence-electron chi connectivity index (χ3n) is 3.79. The number of nitrogens with zero attached hydrogens (tertiary/aromatic N) is 2. The maximum Gasteiger partial charge on any atom is 0.322 e. The molecule has 98 valence electrons. The van der Waals surface area contributed by atoms with Crippen molar-refractivity contribution in [2.24, 2.45) is 0 Å². The second-order valence-electron chi connectivity index (χ2n) is 5.00. The fraction of sp³-hybridized carbons (Fsp3) is 0.917. The van der Waals surface area contributed by atoms with Crippen molar-refractivity contribution in [2.45, 2.75) is 25.3 Å².